The van der Waals surface area contributed by atoms with E-state index in [1.165, 1.54) is 48.6 Å². The van der Waals surface area contributed by atoms with Crippen LogP contribution in [0.2, 0.25) is 0 Å². The van der Waals surface area contributed by atoms with Crippen LogP contribution in [0.1, 0.15) is 32.1 Å². The Balaban J connectivity index is 1.74. The minimum Gasteiger partial charge on any atom is -0.384 e. The average molecular weight is 240 g/mol. The second-order valence-electron chi connectivity index (χ2n) is 5.29. The molecule has 1 saturated carbocycles. The molecule has 1 aromatic heterocycles. The first kappa shape index (κ1) is 11.5. The Bertz CT molecular complexity index is 510. The summed E-state index contributed by atoms with van der Waals surface area (Å²) in [5, 5.41) is 6.11. The molecule has 94 valence electrons. The molecule has 0 saturated heterocycles. The first-order valence-corrected chi connectivity index (χ1v) is 7.00. The second-order valence-corrected chi connectivity index (χ2v) is 5.29. The zero-order chi connectivity index (χ0) is 12.2. The molecule has 1 heterocycles. The number of aromatic nitrogens is 1. The van der Waals surface area contributed by atoms with Gasteiger partial charge in [0, 0.05) is 30.0 Å². The number of fused-ring (bicyclic) bond motifs is 1. The molecule has 0 spiro atoms. The number of nitrogens with zero attached hydrogens (tertiary/aromatic N) is 1. The van der Waals surface area contributed by atoms with Crippen LogP contribution in [0.25, 0.3) is 10.8 Å². The number of benzene rings is 1. The van der Waals surface area contributed by atoms with Gasteiger partial charge in [-0.25, -0.2) is 0 Å². The molecule has 1 aliphatic carbocycles. The summed E-state index contributed by atoms with van der Waals surface area (Å²) in [6, 6.07) is 8.49. The fourth-order valence-corrected chi connectivity index (χ4v) is 2.91. The van der Waals surface area contributed by atoms with Crippen LogP contribution in [0.5, 0.6) is 0 Å². The predicted octanol–water partition coefficient (Wildman–Crippen LogP) is 4.23. The summed E-state index contributed by atoms with van der Waals surface area (Å²) in [6.45, 7) is 1.11. The monoisotopic (exact) mass is 240 g/mol. The lowest BCUT2D eigenvalue weighted by Crippen LogP contribution is -2.17. The highest BCUT2D eigenvalue weighted by Gasteiger charge is 2.13. The Hall–Kier alpha value is -1.57. The number of pyridine rings is 1. The van der Waals surface area contributed by atoms with Crippen LogP contribution in [0, 0.1) is 5.92 Å². The second kappa shape index (κ2) is 5.38. The van der Waals surface area contributed by atoms with Crippen molar-refractivity contribution in [1.29, 1.82) is 0 Å². The van der Waals surface area contributed by atoms with Crippen LogP contribution >= 0.6 is 0 Å². The zero-order valence-electron chi connectivity index (χ0n) is 10.7. The molecule has 3 rings (SSSR count). The van der Waals surface area contributed by atoms with Crippen molar-refractivity contribution >= 4 is 16.5 Å². The molecule has 0 amide bonds. The van der Waals surface area contributed by atoms with Crippen molar-refractivity contribution in [3.05, 3.63) is 36.7 Å². The molecule has 2 nitrogen and oxygen atoms in total. The highest BCUT2D eigenvalue weighted by atomic mass is 14.9. The molecule has 18 heavy (non-hydrogen) atoms. The van der Waals surface area contributed by atoms with E-state index in [0.29, 0.717) is 0 Å². The summed E-state index contributed by atoms with van der Waals surface area (Å²) >= 11 is 0. The molecule has 0 atom stereocenters. The number of nitrogens with one attached hydrogen (secondary N) is 1. The van der Waals surface area contributed by atoms with Gasteiger partial charge in [-0.15, -0.1) is 0 Å². The fraction of sp³-hybridized carbons (Fsp3) is 0.438. The highest BCUT2D eigenvalue weighted by Crippen LogP contribution is 2.26. The molecule has 1 fully saturated rings. The SMILES string of the molecule is c1cc(NCC2CCCCC2)c2cnccc2c1. The van der Waals surface area contributed by atoms with Crippen molar-refractivity contribution < 1.29 is 0 Å². The minimum atomic E-state index is 0.852. The first-order chi connectivity index (χ1) is 8.93. The van der Waals surface area contributed by atoms with E-state index < -0.39 is 0 Å². The zero-order valence-corrected chi connectivity index (χ0v) is 10.7. The standard InChI is InChI=1S/C16H20N2/c1-2-5-13(6-3-1)11-18-16-8-4-7-14-9-10-17-12-15(14)16/h4,7-10,12-13,18H,1-3,5-6,11H2. The summed E-state index contributed by atoms with van der Waals surface area (Å²) in [7, 11) is 0. The quantitative estimate of drug-likeness (QED) is 0.868. The molecule has 1 N–H and O–H groups in total. The fourth-order valence-electron chi connectivity index (χ4n) is 2.91. The molecule has 0 aliphatic heterocycles. The summed E-state index contributed by atoms with van der Waals surface area (Å²) < 4.78 is 0. The number of hydrogen-bond acceptors (Lipinski definition) is 2. The van der Waals surface area contributed by atoms with Gasteiger partial charge in [0.15, 0.2) is 0 Å². The van der Waals surface area contributed by atoms with Crippen LogP contribution in [-0.2, 0) is 0 Å². The molecular formula is C16H20N2. The van der Waals surface area contributed by atoms with Gasteiger partial charge in [-0.1, -0.05) is 31.4 Å². The summed E-state index contributed by atoms with van der Waals surface area (Å²) in [6.07, 6.45) is 10.8. The van der Waals surface area contributed by atoms with Gasteiger partial charge in [-0.3, -0.25) is 4.98 Å². The Kier molecular flexibility index (Phi) is 3.44. The smallest absolute Gasteiger partial charge is 0.0435 e. The Morgan fingerprint density at radius 3 is 2.89 bits per heavy atom. The highest BCUT2D eigenvalue weighted by molar-refractivity contribution is 5.93. The molecule has 2 aromatic rings. The Morgan fingerprint density at radius 2 is 2.00 bits per heavy atom. The number of hydrogen-bond donors (Lipinski definition) is 1. The molecule has 0 unspecified atom stereocenters. The van der Waals surface area contributed by atoms with Crippen molar-refractivity contribution in [2.75, 3.05) is 11.9 Å². The number of anilines is 1. The van der Waals surface area contributed by atoms with Crippen LogP contribution in [0.3, 0.4) is 0 Å². The third-order valence-corrected chi connectivity index (χ3v) is 3.99. The summed E-state index contributed by atoms with van der Waals surface area (Å²) in [4.78, 5) is 4.23. The van der Waals surface area contributed by atoms with Crippen LogP contribution in [0.15, 0.2) is 36.7 Å². The van der Waals surface area contributed by atoms with Gasteiger partial charge in [0.05, 0.1) is 0 Å². The van der Waals surface area contributed by atoms with Gasteiger partial charge < -0.3 is 5.32 Å². The van der Waals surface area contributed by atoms with E-state index in [0.717, 1.165) is 12.5 Å². The van der Waals surface area contributed by atoms with Crippen molar-refractivity contribution in [3.8, 4) is 0 Å². The minimum absolute atomic E-state index is 0.852. The Labute approximate surface area is 108 Å². The number of rotatable bonds is 3. The van der Waals surface area contributed by atoms with E-state index in [1.54, 1.807) is 0 Å². The van der Waals surface area contributed by atoms with Gasteiger partial charge in [0.2, 0.25) is 0 Å². The maximum Gasteiger partial charge on any atom is 0.0435 e. The third-order valence-electron chi connectivity index (χ3n) is 3.99. The van der Waals surface area contributed by atoms with Gasteiger partial charge >= 0.3 is 0 Å². The first-order valence-electron chi connectivity index (χ1n) is 7.00. The van der Waals surface area contributed by atoms with Gasteiger partial charge in [-0.2, -0.15) is 0 Å². The molecule has 0 bridgehead atoms. The van der Waals surface area contributed by atoms with Crippen LogP contribution in [0.4, 0.5) is 5.69 Å². The van der Waals surface area contributed by atoms with E-state index in [9.17, 15) is 0 Å². The molecule has 2 heteroatoms. The van der Waals surface area contributed by atoms with Gasteiger partial charge in [-0.05, 0) is 36.3 Å². The lowest BCUT2D eigenvalue weighted by Gasteiger charge is -2.22. The van der Waals surface area contributed by atoms with Crippen molar-refractivity contribution in [3.63, 3.8) is 0 Å². The molecule has 1 aromatic carbocycles. The van der Waals surface area contributed by atoms with E-state index in [-0.39, 0.29) is 0 Å². The van der Waals surface area contributed by atoms with E-state index in [2.05, 4.69) is 34.6 Å². The Morgan fingerprint density at radius 1 is 1.11 bits per heavy atom. The van der Waals surface area contributed by atoms with Crippen LogP contribution in [-0.4, -0.2) is 11.5 Å². The van der Waals surface area contributed by atoms with Crippen molar-refractivity contribution in [2.24, 2.45) is 5.92 Å². The van der Waals surface area contributed by atoms with E-state index in [1.807, 2.05) is 12.4 Å². The summed E-state index contributed by atoms with van der Waals surface area (Å²) in [5.74, 6) is 0.852. The lowest BCUT2D eigenvalue weighted by molar-refractivity contribution is 0.373. The normalized spacial score (nSPS) is 16.9. The maximum atomic E-state index is 4.23. The average Bonchev–Trinajstić information content (AvgIpc) is 2.46. The third kappa shape index (κ3) is 2.47. The topological polar surface area (TPSA) is 24.9 Å². The van der Waals surface area contributed by atoms with Gasteiger partial charge in [0.1, 0.15) is 0 Å². The van der Waals surface area contributed by atoms with Crippen LogP contribution < -0.4 is 5.32 Å². The van der Waals surface area contributed by atoms with E-state index in [4.69, 9.17) is 0 Å². The van der Waals surface area contributed by atoms with Crippen molar-refractivity contribution in [1.82, 2.24) is 4.98 Å². The predicted molar refractivity (Wildman–Crippen MR) is 76.8 cm³/mol. The molecular weight excluding hydrogens is 220 g/mol. The largest absolute Gasteiger partial charge is 0.384 e. The van der Waals surface area contributed by atoms with Gasteiger partial charge in [0.25, 0.3) is 0 Å². The van der Waals surface area contributed by atoms with Crippen molar-refractivity contribution in [2.45, 2.75) is 32.1 Å². The van der Waals surface area contributed by atoms with E-state index >= 15 is 0 Å². The molecule has 0 radical (unpaired) electrons. The molecule has 1 aliphatic rings. The lowest BCUT2D eigenvalue weighted by atomic mass is 9.89. The summed E-state index contributed by atoms with van der Waals surface area (Å²) in [5.41, 5.74) is 1.23. The maximum absolute atomic E-state index is 4.23.